The molecule has 0 saturated carbocycles. The number of pyridine rings is 1. The summed E-state index contributed by atoms with van der Waals surface area (Å²) < 4.78 is 12.5. The van der Waals surface area contributed by atoms with Gasteiger partial charge in [-0.25, -0.2) is 4.39 Å². The van der Waals surface area contributed by atoms with E-state index in [4.69, 9.17) is 5.26 Å². The molecule has 0 atom stereocenters. The lowest BCUT2D eigenvalue weighted by molar-refractivity contribution is -0.389. The van der Waals surface area contributed by atoms with Gasteiger partial charge in [0.1, 0.15) is 11.9 Å². The van der Waals surface area contributed by atoms with Crippen molar-refractivity contribution >= 4 is 5.82 Å². The van der Waals surface area contributed by atoms with Gasteiger partial charge >= 0.3 is 5.82 Å². The van der Waals surface area contributed by atoms with Gasteiger partial charge in [-0.3, -0.25) is 0 Å². The minimum atomic E-state index is -0.857. The highest BCUT2D eigenvalue weighted by Gasteiger charge is 2.12. The second kappa shape index (κ2) is 2.92. The molecule has 1 aromatic rings. The lowest BCUT2D eigenvalue weighted by Crippen LogP contribution is -1.95. The van der Waals surface area contributed by atoms with Gasteiger partial charge in [-0.2, -0.15) is 5.26 Å². The fraction of sp³-hybridized carbons (Fsp3) is 0. The minimum Gasteiger partial charge on any atom is -0.358 e. The predicted molar refractivity (Wildman–Crippen MR) is 35.6 cm³/mol. The SMILES string of the molecule is N#Cc1cc(F)cc([N+](=O)[O-])n1. The van der Waals surface area contributed by atoms with Gasteiger partial charge in [0.2, 0.25) is 0 Å². The highest BCUT2D eigenvalue weighted by Crippen LogP contribution is 2.10. The maximum absolute atomic E-state index is 12.5. The Morgan fingerprint density at radius 3 is 2.83 bits per heavy atom. The first-order chi connectivity index (χ1) is 5.63. The molecular formula is C6H2FN3O2. The smallest absolute Gasteiger partial charge is 0.358 e. The number of halogens is 1. The van der Waals surface area contributed by atoms with Crippen LogP contribution in [0.4, 0.5) is 10.2 Å². The van der Waals surface area contributed by atoms with Crippen LogP contribution in [0.1, 0.15) is 5.69 Å². The molecule has 0 spiro atoms. The Labute approximate surface area is 66.2 Å². The number of nitriles is 1. The Morgan fingerprint density at radius 2 is 2.33 bits per heavy atom. The lowest BCUT2D eigenvalue weighted by Gasteiger charge is -1.90. The molecule has 1 aromatic heterocycles. The van der Waals surface area contributed by atoms with Crippen molar-refractivity contribution in [1.29, 1.82) is 5.26 Å². The fourth-order valence-electron chi connectivity index (χ4n) is 0.634. The third-order valence-corrected chi connectivity index (χ3v) is 1.08. The Kier molecular flexibility index (Phi) is 1.96. The second-order valence-corrected chi connectivity index (χ2v) is 1.90. The molecule has 0 amide bonds. The van der Waals surface area contributed by atoms with Crippen LogP contribution in [0.25, 0.3) is 0 Å². The summed E-state index contributed by atoms with van der Waals surface area (Å²) >= 11 is 0. The zero-order valence-electron chi connectivity index (χ0n) is 5.69. The van der Waals surface area contributed by atoms with Crippen molar-refractivity contribution in [2.75, 3.05) is 0 Å². The van der Waals surface area contributed by atoms with E-state index >= 15 is 0 Å². The molecule has 5 nitrogen and oxygen atoms in total. The summed E-state index contributed by atoms with van der Waals surface area (Å²) in [7, 11) is 0. The maximum atomic E-state index is 12.5. The molecular weight excluding hydrogens is 165 g/mol. The molecule has 12 heavy (non-hydrogen) atoms. The van der Waals surface area contributed by atoms with Crippen molar-refractivity contribution < 1.29 is 9.31 Å². The van der Waals surface area contributed by atoms with E-state index in [1.165, 1.54) is 6.07 Å². The van der Waals surface area contributed by atoms with Gasteiger partial charge in [0.15, 0.2) is 0 Å². The monoisotopic (exact) mass is 167 g/mol. The number of nitrogens with zero attached hydrogens (tertiary/aromatic N) is 3. The average Bonchev–Trinajstić information content (AvgIpc) is 2.03. The highest BCUT2D eigenvalue weighted by atomic mass is 19.1. The molecule has 6 heteroatoms. The first kappa shape index (κ1) is 8.07. The van der Waals surface area contributed by atoms with E-state index in [0.29, 0.717) is 6.07 Å². The predicted octanol–water partition coefficient (Wildman–Crippen LogP) is 1.00. The molecule has 0 N–H and O–H groups in total. The third kappa shape index (κ3) is 1.52. The Morgan fingerprint density at radius 1 is 1.67 bits per heavy atom. The number of hydrogen-bond acceptors (Lipinski definition) is 4. The molecule has 0 aliphatic heterocycles. The van der Waals surface area contributed by atoms with Crippen LogP contribution >= 0.6 is 0 Å². The van der Waals surface area contributed by atoms with E-state index < -0.39 is 16.6 Å². The maximum Gasteiger partial charge on any atom is 0.367 e. The van der Waals surface area contributed by atoms with Crippen LogP contribution in [-0.2, 0) is 0 Å². The van der Waals surface area contributed by atoms with Gasteiger partial charge in [0.25, 0.3) is 5.69 Å². The largest absolute Gasteiger partial charge is 0.367 e. The Hall–Kier alpha value is -2.03. The number of hydrogen-bond donors (Lipinski definition) is 0. The highest BCUT2D eigenvalue weighted by molar-refractivity contribution is 5.29. The lowest BCUT2D eigenvalue weighted by atomic mass is 10.3. The number of rotatable bonds is 1. The summed E-state index contributed by atoms with van der Waals surface area (Å²) in [5.41, 5.74) is -0.304. The summed E-state index contributed by atoms with van der Waals surface area (Å²) in [5, 5.41) is 18.4. The van der Waals surface area contributed by atoms with E-state index in [2.05, 4.69) is 4.98 Å². The summed E-state index contributed by atoms with van der Waals surface area (Å²) in [6.07, 6.45) is 0. The molecule has 0 bridgehead atoms. The molecule has 0 aliphatic carbocycles. The van der Waals surface area contributed by atoms with E-state index in [1.807, 2.05) is 0 Å². The van der Waals surface area contributed by atoms with Gasteiger partial charge in [-0.05, 0) is 9.91 Å². The first-order valence-corrected chi connectivity index (χ1v) is 2.85. The number of nitro groups is 1. The Bertz CT molecular complexity index is 372. The van der Waals surface area contributed by atoms with Crippen molar-refractivity contribution in [2.24, 2.45) is 0 Å². The van der Waals surface area contributed by atoms with Crippen molar-refractivity contribution in [2.45, 2.75) is 0 Å². The molecule has 0 unspecified atom stereocenters. The van der Waals surface area contributed by atoms with Crippen LogP contribution < -0.4 is 0 Å². The fourth-order valence-corrected chi connectivity index (χ4v) is 0.634. The first-order valence-electron chi connectivity index (χ1n) is 2.85. The van der Waals surface area contributed by atoms with E-state index in [-0.39, 0.29) is 5.69 Å². The van der Waals surface area contributed by atoms with E-state index in [0.717, 1.165) is 6.07 Å². The zero-order valence-corrected chi connectivity index (χ0v) is 5.69. The topological polar surface area (TPSA) is 79.8 Å². The summed E-state index contributed by atoms with van der Waals surface area (Å²) in [4.78, 5) is 12.5. The van der Waals surface area contributed by atoms with Crippen molar-refractivity contribution in [3.05, 3.63) is 33.8 Å². The quantitative estimate of drug-likeness (QED) is 0.461. The summed E-state index contributed by atoms with van der Waals surface area (Å²) in [5.74, 6) is -1.50. The molecule has 0 saturated heterocycles. The zero-order chi connectivity index (χ0) is 9.14. The van der Waals surface area contributed by atoms with Crippen molar-refractivity contribution in [3.8, 4) is 6.07 Å². The average molecular weight is 167 g/mol. The van der Waals surface area contributed by atoms with Gasteiger partial charge < -0.3 is 10.1 Å². The van der Waals surface area contributed by atoms with Crippen molar-refractivity contribution in [1.82, 2.24) is 4.98 Å². The van der Waals surface area contributed by atoms with Gasteiger partial charge in [0, 0.05) is 6.07 Å². The molecule has 1 heterocycles. The Balaban J connectivity index is 3.26. The second-order valence-electron chi connectivity index (χ2n) is 1.90. The van der Waals surface area contributed by atoms with Crippen LogP contribution in [0.15, 0.2) is 12.1 Å². The summed E-state index contributed by atoms with van der Waals surface area (Å²) in [6.45, 7) is 0. The normalized spacial score (nSPS) is 9.00. The molecule has 0 aliphatic rings. The van der Waals surface area contributed by atoms with Crippen LogP contribution in [0, 0.1) is 27.3 Å². The third-order valence-electron chi connectivity index (χ3n) is 1.08. The number of aromatic nitrogens is 1. The van der Waals surface area contributed by atoms with Crippen LogP contribution in [0.3, 0.4) is 0 Å². The molecule has 60 valence electrons. The van der Waals surface area contributed by atoms with E-state index in [1.54, 1.807) is 0 Å². The van der Waals surface area contributed by atoms with Gasteiger partial charge in [-0.15, -0.1) is 0 Å². The van der Waals surface area contributed by atoms with Crippen LogP contribution in [-0.4, -0.2) is 9.91 Å². The van der Waals surface area contributed by atoms with Crippen LogP contribution in [0.2, 0.25) is 0 Å². The standard InChI is InChI=1S/C6H2FN3O2/c7-4-1-5(3-8)9-6(2-4)10(11)12/h1-2H. The van der Waals surface area contributed by atoms with Crippen molar-refractivity contribution in [3.63, 3.8) is 0 Å². The summed E-state index contributed by atoms with van der Waals surface area (Å²) in [6, 6.07) is 2.99. The van der Waals surface area contributed by atoms with Crippen LogP contribution in [0.5, 0.6) is 0 Å². The molecule has 0 radical (unpaired) electrons. The molecule has 0 aromatic carbocycles. The molecule has 1 rings (SSSR count). The van der Waals surface area contributed by atoms with Gasteiger partial charge in [-0.1, -0.05) is 0 Å². The molecule has 0 fully saturated rings. The van der Waals surface area contributed by atoms with E-state index in [9.17, 15) is 14.5 Å². The van der Waals surface area contributed by atoms with Gasteiger partial charge in [0.05, 0.1) is 6.07 Å². The minimum absolute atomic E-state index is 0.304.